The summed E-state index contributed by atoms with van der Waals surface area (Å²) in [6.07, 6.45) is 8.14. The molecule has 1 aliphatic heterocycles. The third-order valence-electron chi connectivity index (χ3n) is 5.92. The molecule has 3 N–H and O–H groups in total. The summed E-state index contributed by atoms with van der Waals surface area (Å²) in [6.45, 7) is 3.29. The maximum absolute atomic E-state index is 13.5. The zero-order valence-corrected chi connectivity index (χ0v) is 11.6. The lowest BCUT2D eigenvalue weighted by Gasteiger charge is -2.28. The first kappa shape index (κ1) is 12.9. The van der Waals surface area contributed by atoms with Crippen LogP contribution in [0.5, 0.6) is 0 Å². The third kappa shape index (κ3) is 2.09. The molecule has 3 rings (SSSR count). The van der Waals surface area contributed by atoms with E-state index in [1.807, 2.05) is 0 Å². The van der Waals surface area contributed by atoms with Crippen molar-refractivity contribution in [1.29, 1.82) is 0 Å². The van der Waals surface area contributed by atoms with Crippen LogP contribution in [0.4, 0.5) is 4.39 Å². The van der Waals surface area contributed by atoms with Gasteiger partial charge in [0.25, 0.3) is 0 Å². The van der Waals surface area contributed by atoms with E-state index in [-0.39, 0.29) is 5.54 Å². The smallest absolute Gasteiger partial charge is 0.102 e. The van der Waals surface area contributed by atoms with Crippen molar-refractivity contribution < 1.29 is 4.39 Å². The molecule has 3 heteroatoms. The van der Waals surface area contributed by atoms with Crippen molar-refractivity contribution in [2.24, 2.45) is 17.1 Å². The second-order valence-electron chi connectivity index (χ2n) is 7.23. The van der Waals surface area contributed by atoms with Crippen LogP contribution in [-0.2, 0) is 0 Å². The van der Waals surface area contributed by atoms with Crippen molar-refractivity contribution in [3.8, 4) is 0 Å². The minimum absolute atomic E-state index is 0.143. The highest BCUT2D eigenvalue weighted by atomic mass is 19.1. The molecular weight excluding hydrogens is 227 g/mol. The largest absolute Gasteiger partial charge is 0.327 e. The van der Waals surface area contributed by atoms with Crippen molar-refractivity contribution in [2.45, 2.75) is 76.0 Å². The maximum atomic E-state index is 13.5. The van der Waals surface area contributed by atoms with E-state index in [2.05, 4.69) is 12.2 Å². The van der Waals surface area contributed by atoms with Gasteiger partial charge in [-0.05, 0) is 62.7 Å². The van der Waals surface area contributed by atoms with Crippen LogP contribution >= 0.6 is 0 Å². The monoisotopic (exact) mass is 254 g/mol. The highest BCUT2D eigenvalue weighted by Gasteiger charge is 2.53. The zero-order valence-electron chi connectivity index (χ0n) is 11.6. The van der Waals surface area contributed by atoms with Gasteiger partial charge in [-0.2, -0.15) is 0 Å². The summed E-state index contributed by atoms with van der Waals surface area (Å²) in [4.78, 5) is 0. The molecule has 0 amide bonds. The van der Waals surface area contributed by atoms with Gasteiger partial charge in [-0.25, -0.2) is 4.39 Å². The SMILES string of the molecule is CCC(N)C1CCC2(CNC3(CCC(F)C3)C2)C1. The van der Waals surface area contributed by atoms with Gasteiger partial charge in [-0.15, -0.1) is 0 Å². The molecule has 0 radical (unpaired) electrons. The lowest BCUT2D eigenvalue weighted by atomic mass is 9.77. The van der Waals surface area contributed by atoms with Crippen molar-refractivity contribution in [3.05, 3.63) is 0 Å². The van der Waals surface area contributed by atoms with Crippen LogP contribution < -0.4 is 11.1 Å². The predicted molar refractivity (Wildman–Crippen MR) is 72.1 cm³/mol. The Bertz CT molecular complexity index is 322. The lowest BCUT2D eigenvalue weighted by molar-refractivity contribution is 0.259. The van der Waals surface area contributed by atoms with Crippen molar-refractivity contribution in [2.75, 3.05) is 6.54 Å². The van der Waals surface area contributed by atoms with Crippen molar-refractivity contribution >= 4 is 0 Å². The molecule has 0 aromatic rings. The molecule has 1 saturated heterocycles. The van der Waals surface area contributed by atoms with Gasteiger partial charge in [-0.1, -0.05) is 6.92 Å². The molecular formula is C15H27FN2. The Morgan fingerprint density at radius 3 is 2.83 bits per heavy atom. The van der Waals surface area contributed by atoms with Crippen LogP contribution in [0.3, 0.4) is 0 Å². The lowest BCUT2D eigenvalue weighted by Crippen LogP contribution is -2.36. The topological polar surface area (TPSA) is 38.0 Å². The zero-order chi connectivity index (χ0) is 12.8. The quantitative estimate of drug-likeness (QED) is 0.795. The molecule has 2 aliphatic carbocycles. The fourth-order valence-electron chi connectivity index (χ4n) is 4.87. The minimum Gasteiger partial charge on any atom is -0.327 e. The Balaban J connectivity index is 1.65. The van der Waals surface area contributed by atoms with E-state index in [9.17, 15) is 4.39 Å². The maximum Gasteiger partial charge on any atom is 0.102 e. The molecule has 0 aromatic heterocycles. The molecule has 0 aromatic carbocycles. The normalized spacial score (nSPS) is 49.5. The Morgan fingerprint density at radius 2 is 2.17 bits per heavy atom. The average molecular weight is 254 g/mol. The van der Waals surface area contributed by atoms with Crippen LogP contribution in [0.1, 0.15) is 58.3 Å². The summed E-state index contributed by atoms with van der Waals surface area (Å²) in [7, 11) is 0. The number of nitrogens with one attached hydrogen (secondary N) is 1. The minimum atomic E-state index is -0.567. The number of alkyl halides is 1. The molecule has 5 unspecified atom stereocenters. The average Bonchev–Trinajstić information content (AvgIpc) is 3.02. The molecule has 2 spiro atoms. The first-order valence-corrected chi connectivity index (χ1v) is 7.71. The highest BCUT2D eigenvalue weighted by Crippen LogP contribution is 2.54. The first-order chi connectivity index (χ1) is 8.56. The fraction of sp³-hybridized carbons (Fsp3) is 1.00. The van der Waals surface area contributed by atoms with Crippen molar-refractivity contribution in [3.63, 3.8) is 0 Å². The molecule has 2 saturated carbocycles. The summed E-state index contributed by atoms with van der Waals surface area (Å²) >= 11 is 0. The van der Waals surface area contributed by atoms with Crippen LogP contribution in [0.2, 0.25) is 0 Å². The number of hydrogen-bond donors (Lipinski definition) is 2. The second-order valence-corrected chi connectivity index (χ2v) is 7.23. The van der Waals surface area contributed by atoms with Gasteiger partial charge in [0, 0.05) is 18.1 Å². The van der Waals surface area contributed by atoms with E-state index in [1.54, 1.807) is 0 Å². The molecule has 2 nitrogen and oxygen atoms in total. The Morgan fingerprint density at radius 1 is 1.33 bits per heavy atom. The van der Waals surface area contributed by atoms with Crippen LogP contribution in [-0.4, -0.2) is 24.3 Å². The van der Waals surface area contributed by atoms with E-state index in [0.717, 1.165) is 32.2 Å². The first-order valence-electron chi connectivity index (χ1n) is 7.71. The van der Waals surface area contributed by atoms with E-state index >= 15 is 0 Å². The predicted octanol–water partition coefficient (Wildman–Crippen LogP) is 2.76. The van der Waals surface area contributed by atoms with Crippen molar-refractivity contribution in [1.82, 2.24) is 5.32 Å². The Labute approximate surface area is 110 Å². The second kappa shape index (κ2) is 4.45. The highest BCUT2D eigenvalue weighted by molar-refractivity contribution is 5.10. The number of hydrogen-bond acceptors (Lipinski definition) is 2. The molecule has 0 bridgehead atoms. The fourth-order valence-corrected chi connectivity index (χ4v) is 4.87. The van der Waals surface area contributed by atoms with E-state index in [4.69, 9.17) is 5.73 Å². The molecule has 18 heavy (non-hydrogen) atoms. The Kier molecular flexibility index (Phi) is 3.18. The number of halogens is 1. The summed E-state index contributed by atoms with van der Waals surface area (Å²) in [5.41, 5.74) is 6.81. The van der Waals surface area contributed by atoms with E-state index in [0.29, 0.717) is 17.4 Å². The van der Waals surface area contributed by atoms with Crippen LogP contribution in [0, 0.1) is 11.3 Å². The van der Waals surface area contributed by atoms with E-state index in [1.165, 1.54) is 25.7 Å². The third-order valence-corrected chi connectivity index (χ3v) is 5.92. The number of nitrogens with two attached hydrogens (primary N) is 1. The molecule has 1 heterocycles. The van der Waals surface area contributed by atoms with Gasteiger partial charge in [0.05, 0.1) is 0 Å². The molecule has 104 valence electrons. The van der Waals surface area contributed by atoms with Gasteiger partial charge in [0.15, 0.2) is 0 Å². The van der Waals surface area contributed by atoms with E-state index < -0.39 is 6.17 Å². The van der Waals surface area contributed by atoms with Crippen LogP contribution in [0.15, 0.2) is 0 Å². The van der Waals surface area contributed by atoms with Gasteiger partial charge in [0.2, 0.25) is 0 Å². The van der Waals surface area contributed by atoms with Gasteiger partial charge in [0.1, 0.15) is 6.17 Å². The van der Waals surface area contributed by atoms with Crippen LogP contribution in [0.25, 0.3) is 0 Å². The Hall–Kier alpha value is -0.150. The summed E-state index contributed by atoms with van der Waals surface area (Å²) in [6, 6.07) is 0.374. The standard InChI is InChI=1S/C15H27FN2/c1-2-13(17)11-3-5-14(7-11)9-15(18-10-14)6-4-12(16)8-15/h11-13,18H,2-10,17H2,1H3. The number of rotatable bonds is 2. The van der Waals surface area contributed by atoms with Gasteiger partial charge in [-0.3, -0.25) is 0 Å². The van der Waals surface area contributed by atoms with Gasteiger partial charge >= 0.3 is 0 Å². The summed E-state index contributed by atoms with van der Waals surface area (Å²) in [5.74, 6) is 0.703. The summed E-state index contributed by atoms with van der Waals surface area (Å²) in [5, 5.41) is 3.69. The molecule has 5 atom stereocenters. The summed E-state index contributed by atoms with van der Waals surface area (Å²) < 4.78 is 13.5. The molecule has 3 aliphatic rings. The molecule has 3 fully saturated rings. The van der Waals surface area contributed by atoms with Gasteiger partial charge < -0.3 is 11.1 Å².